The largest absolute Gasteiger partial charge is 0.378 e. The van der Waals surface area contributed by atoms with E-state index < -0.39 is 11.7 Å². The van der Waals surface area contributed by atoms with Crippen LogP contribution in [-0.2, 0) is 4.74 Å². The summed E-state index contributed by atoms with van der Waals surface area (Å²) in [5.41, 5.74) is 0.337. The van der Waals surface area contributed by atoms with Crippen molar-refractivity contribution in [3.63, 3.8) is 0 Å². The number of halogens is 1. The molecular weight excluding hydrogens is 299 g/mol. The zero-order valence-corrected chi connectivity index (χ0v) is 12.8. The average molecular weight is 316 g/mol. The average Bonchev–Trinajstić information content (AvgIpc) is 2.57. The number of hydrogen-bond acceptors (Lipinski definition) is 5. The SMILES string of the molecule is Cc1nc(C(=O)Nc2ccccc2F)cc(N2CCOCC2)n1. The number of ether oxygens (including phenoxy) is 1. The van der Waals surface area contributed by atoms with Crippen LogP contribution in [-0.4, -0.2) is 42.2 Å². The Kier molecular flexibility index (Phi) is 4.47. The molecule has 0 unspecified atom stereocenters. The molecule has 0 saturated carbocycles. The Labute approximate surface area is 133 Å². The number of nitrogens with one attached hydrogen (secondary N) is 1. The van der Waals surface area contributed by atoms with E-state index in [2.05, 4.69) is 15.3 Å². The first-order valence-corrected chi connectivity index (χ1v) is 7.38. The Morgan fingerprint density at radius 3 is 2.74 bits per heavy atom. The molecule has 7 heteroatoms. The topological polar surface area (TPSA) is 67.4 Å². The summed E-state index contributed by atoms with van der Waals surface area (Å²) < 4.78 is 19.0. The number of para-hydroxylation sites is 1. The van der Waals surface area contributed by atoms with Gasteiger partial charge in [-0.2, -0.15) is 0 Å². The number of aromatic nitrogens is 2. The van der Waals surface area contributed by atoms with Gasteiger partial charge in [-0.3, -0.25) is 4.79 Å². The highest BCUT2D eigenvalue weighted by molar-refractivity contribution is 6.03. The van der Waals surface area contributed by atoms with Crippen molar-refractivity contribution >= 4 is 17.4 Å². The van der Waals surface area contributed by atoms with Gasteiger partial charge in [0.05, 0.1) is 18.9 Å². The van der Waals surface area contributed by atoms with Gasteiger partial charge in [0.2, 0.25) is 0 Å². The molecule has 2 heterocycles. The smallest absolute Gasteiger partial charge is 0.274 e. The molecule has 0 bridgehead atoms. The van der Waals surface area contributed by atoms with Crippen molar-refractivity contribution in [3.05, 3.63) is 47.7 Å². The normalized spacial score (nSPS) is 14.6. The molecule has 3 rings (SSSR count). The van der Waals surface area contributed by atoms with Crippen LogP contribution in [0.2, 0.25) is 0 Å². The van der Waals surface area contributed by atoms with Crippen LogP contribution in [0.3, 0.4) is 0 Å². The Bertz CT molecular complexity index is 717. The number of amides is 1. The summed E-state index contributed by atoms with van der Waals surface area (Å²) in [5, 5.41) is 2.54. The first kappa shape index (κ1) is 15.4. The van der Waals surface area contributed by atoms with Crippen molar-refractivity contribution in [2.24, 2.45) is 0 Å². The summed E-state index contributed by atoms with van der Waals surface area (Å²) in [6, 6.07) is 7.64. The summed E-state index contributed by atoms with van der Waals surface area (Å²) in [4.78, 5) is 22.9. The Morgan fingerprint density at radius 2 is 2.00 bits per heavy atom. The molecule has 1 amide bonds. The number of benzene rings is 1. The van der Waals surface area contributed by atoms with Crippen LogP contribution >= 0.6 is 0 Å². The monoisotopic (exact) mass is 316 g/mol. The molecule has 23 heavy (non-hydrogen) atoms. The fourth-order valence-corrected chi connectivity index (χ4v) is 2.37. The van der Waals surface area contributed by atoms with Gasteiger partial charge in [0.25, 0.3) is 5.91 Å². The number of nitrogens with zero attached hydrogens (tertiary/aromatic N) is 3. The molecule has 1 fully saturated rings. The Balaban J connectivity index is 1.83. The van der Waals surface area contributed by atoms with Gasteiger partial charge in [-0.1, -0.05) is 12.1 Å². The molecule has 1 aromatic carbocycles. The van der Waals surface area contributed by atoms with E-state index in [1.807, 2.05) is 4.90 Å². The number of rotatable bonds is 3. The molecular formula is C16H17FN4O2. The molecule has 0 radical (unpaired) electrons. The van der Waals surface area contributed by atoms with Gasteiger partial charge in [0.15, 0.2) is 0 Å². The minimum Gasteiger partial charge on any atom is -0.378 e. The fraction of sp³-hybridized carbons (Fsp3) is 0.312. The molecule has 6 nitrogen and oxygen atoms in total. The van der Waals surface area contributed by atoms with E-state index >= 15 is 0 Å². The second-order valence-electron chi connectivity index (χ2n) is 5.19. The van der Waals surface area contributed by atoms with Crippen LogP contribution in [0.25, 0.3) is 0 Å². The maximum Gasteiger partial charge on any atom is 0.274 e. The molecule has 1 aliphatic heterocycles. The van der Waals surface area contributed by atoms with Crippen molar-refractivity contribution < 1.29 is 13.9 Å². The van der Waals surface area contributed by atoms with Gasteiger partial charge < -0.3 is 15.0 Å². The zero-order chi connectivity index (χ0) is 16.2. The van der Waals surface area contributed by atoms with Crippen molar-refractivity contribution in [3.8, 4) is 0 Å². The molecule has 0 atom stereocenters. The van der Waals surface area contributed by atoms with Crippen LogP contribution in [0.4, 0.5) is 15.9 Å². The second-order valence-corrected chi connectivity index (χ2v) is 5.19. The zero-order valence-electron chi connectivity index (χ0n) is 12.8. The lowest BCUT2D eigenvalue weighted by Crippen LogP contribution is -2.37. The highest BCUT2D eigenvalue weighted by Crippen LogP contribution is 2.17. The lowest BCUT2D eigenvalue weighted by atomic mass is 10.2. The van der Waals surface area contributed by atoms with Gasteiger partial charge in [-0.25, -0.2) is 14.4 Å². The lowest BCUT2D eigenvalue weighted by molar-refractivity contribution is 0.102. The van der Waals surface area contributed by atoms with Crippen LogP contribution in [0.5, 0.6) is 0 Å². The molecule has 1 aromatic heterocycles. The quantitative estimate of drug-likeness (QED) is 0.938. The third-order valence-electron chi connectivity index (χ3n) is 3.51. The molecule has 1 aliphatic rings. The minimum absolute atomic E-state index is 0.127. The standard InChI is InChI=1S/C16H17FN4O2/c1-11-18-14(10-15(19-11)21-6-8-23-9-7-21)16(22)20-13-5-3-2-4-12(13)17/h2-5,10H,6-9H2,1H3,(H,20,22). The fourth-order valence-electron chi connectivity index (χ4n) is 2.37. The summed E-state index contributed by atoms with van der Waals surface area (Å²) >= 11 is 0. The predicted molar refractivity (Wildman–Crippen MR) is 84.2 cm³/mol. The number of morpholine rings is 1. The predicted octanol–water partition coefficient (Wildman–Crippen LogP) is 2.01. The number of aryl methyl sites for hydroxylation is 1. The van der Waals surface area contributed by atoms with Gasteiger partial charge in [0.1, 0.15) is 23.2 Å². The number of hydrogen-bond donors (Lipinski definition) is 1. The van der Waals surface area contributed by atoms with E-state index in [1.54, 1.807) is 25.1 Å². The first-order chi connectivity index (χ1) is 11.1. The third-order valence-corrected chi connectivity index (χ3v) is 3.51. The Morgan fingerprint density at radius 1 is 1.26 bits per heavy atom. The maximum atomic E-state index is 13.6. The maximum absolute atomic E-state index is 13.6. The highest BCUT2D eigenvalue weighted by Gasteiger charge is 2.17. The van der Waals surface area contributed by atoms with Gasteiger partial charge in [-0.15, -0.1) is 0 Å². The summed E-state index contributed by atoms with van der Waals surface area (Å²) in [7, 11) is 0. The van der Waals surface area contributed by atoms with Crippen LogP contribution in [0, 0.1) is 12.7 Å². The van der Waals surface area contributed by atoms with E-state index in [1.165, 1.54) is 12.1 Å². The van der Waals surface area contributed by atoms with Gasteiger partial charge >= 0.3 is 0 Å². The summed E-state index contributed by atoms with van der Waals surface area (Å²) in [5.74, 6) is 0.224. The Hall–Kier alpha value is -2.54. The minimum atomic E-state index is -0.486. The van der Waals surface area contributed by atoms with E-state index in [0.29, 0.717) is 37.9 Å². The van der Waals surface area contributed by atoms with E-state index in [9.17, 15) is 9.18 Å². The molecule has 0 aliphatic carbocycles. The van der Waals surface area contributed by atoms with Crippen molar-refractivity contribution in [1.82, 2.24) is 9.97 Å². The van der Waals surface area contributed by atoms with Gasteiger partial charge in [0, 0.05) is 19.2 Å². The first-order valence-electron chi connectivity index (χ1n) is 7.38. The van der Waals surface area contributed by atoms with Crippen LogP contribution in [0.15, 0.2) is 30.3 Å². The molecule has 1 saturated heterocycles. The molecule has 2 aromatic rings. The lowest BCUT2D eigenvalue weighted by Gasteiger charge is -2.28. The summed E-state index contributed by atoms with van der Waals surface area (Å²) in [6.45, 7) is 4.40. The summed E-state index contributed by atoms with van der Waals surface area (Å²) in [6.07, 6.45) is 0. The van der Waals surface area contributed by atoms with Crippen molar-refractivity contribution in [2.45, 2.75) is 6.92 Å². The van der Waals surface area contributed by atoms with Crippen molar-refractivity contribution in [2.75, 3.05) is 36.5 Å². The third kappa shape index (κ3) is 3.62. The second kappa shape index (κ2) is 6.70. The molecule has 120 valence electrons. The van der Waals surface area contributed by atoms with Crippen LogP contribution in [0.1, 0.15) is 16.3 Å². The van der Waals surface area contributed by atoms with E-state index in [0.717, 1.165) is 0 Å². The number of anilines is 2. The van der Waals surface area contributed by atoms with Gasteiger partial charge in [-0.05, 0) is 19.1 Å². The van der Waals surface area contributed by atoms with E-state index in [-0.39, 0.29) is 11.4 Å². The van der Waals surface area contributed by atoms with Crippen molar-refractivity contribution in [1.29, 1.82) is 0 Å². The molecule has 1 N–H and O–H groups in total. The molecule has 0 spiro atoms. The highest BCUT2D eigenvalue weighted by atomic mass is 19.1. The number of carbonyl (C=O) groups is 1. The van der Waals surface area contributed by atoms with E-state index in [4.69, 9.17) is 4.74 Å². The van der Waals surface area contributed by atoms with Crippen LogP contribution < -0.4 is 10.2 Å². The number of carbonyl (C=O) groups excluding carboxylic acids is 1.